The van der Waals surface area contributed by atoms with E-state index in [9.17, 15) is 0 Å². The van der Waals surface area contributed by atoms with Crippen LogP contribution in [0.4, 0.5) is 0 Å². The quantitative estimate of drug-likeness (QED) is 0.707. The molecule has 0 radical (unpaired) electrons. The molecule has 0 saturated heterocycles. The second kappa shape index (κ2) is 3.93. The first-order chi connectivity index (χ1) is 5.70. The Hall–Kier alpha value is -1.28. The first-order valence-electron chi connectivity index (χ1n) is 3.94. The lowest BCUT2D eigenvalue weighted by Gasteiger charge is -2.10. The van der Waals surface area contributed by atoms with E-state index >= 15 is 0 Å². The number of hydrogen-bond acceptors (Lipinski definition) is 2. The summed E-state index contributed by atoms with van der Waals surface area (Å²) >= 11 is 0. The Morgan fingerprint density at radius 2 is 2.00 bits per heavy atom. The number of nitrogens with two attached hydrogens (primary N) is 2. The molecule has 0 bridgehead atoms. The Morgan fingerprint density at radius 3 is 2.50 bits per heavy atom. The van der Waals surface area contributed by atoms with Crippen molar-refractivity contribution in [2.75, 3.05) is 0 Å². The smallest absolute Gasteiger partial charge is 0.0477 e. The van der Waals surface area contributed by atoms with Crippen LogP contribution in [0.1, 0.15) is 6.99 Å². The van der Waals surface area contributed by atoms with Gasteiger partial charge in [0, 0.05) is 13.2 Å². The third-order valence-electron chi connectivity index (χ3n) is 1.77. The summed E-state index contributed by atoms with van der Waals surface area (Å²) in [5.41, 5.74) is 12.9. The fourth-order valence-electron chi connectivity index (χ4n) is 0.999. The molecule has 1 aromatic carbocycles. The minimum atomic E-state index is -0.132. The molecule has 2 nitrogen and oxygen atoms in total. The van der Waals surface area contributed by atoms with Gasteiger partial charge in [0.15, 0.2) is 0 Å². The molecule has 1 aromatic rings. The van der Waals surface area contributed by atoms with Crippen molar-refractivity contribution >= 4 is 0 Å². The van der Waals surface area contributed by atoms with Crippen LogP contribution in [0.25, 0.3) is 0 Å². The van der Waals surface area contributed by atoms with Crippen LogP contribution in [0.3, 0.4) is 0 Å². The summed E-state index contributed by atoms with van der Waals surface area (Å²) in [6.07, 6.45) is 0.760. The van der Waals surface area contributed by atoms with Crippen molar-refractivity contribution in [3.8, 4) is 0 Å². The third-order valence-corrected chi connectivity index (χ3v) is 1.77. The van der Waals surface area contributed by atoms with Gasteiger partial charge in [0.2, 0.25) is 0 Å². The van der Waals surface area contributed by atoms with E-state index in [1.807, 2.05) is 30.3 Å². The van der Waals surface area contributed by atoms with Crippen LogP contribution < -0.4 is 11.5 Å². The molecule has 0 aromatic heterocycles. The van der Waals surface area contributed by atoms with Gasteiger partial charge in [-0.2, -0.15) is 0 Å². The third kappa shape index (κ3) is 2.40. The lowest BCUT2D eigenvalue weighted by atomic mass is 10.1. The van der Waals surface area contributed by atoms with Crippen molar-refractivity contribution in [3.63, 3.8) is 0 Å². The largest absolute Gasteiger partial charge is 0.401 e. The van der Waals surface area contributed by atoms with E-state index in [0.29, 0.717) is 5.70 Å². The molecule has 1 rings (SSSR count). The van der Waals surface area contributed by atoms with Gasteiger partial charge in [-0.1, -0.05) is 36.9 Å². The molecule has 0 spiro atoms. The lowest BCUT2D eigenvalue weighted by Crippen LogP contribution is -2.28. The topological polar surface area (TPSA) is 52.0 Å². The van der Waals surface area contributed by atoms with Crippen LogP contribution in [0.2, 0.25) is 0 Å². The average molecular weight is 164 g/mol. The highest BCUT2D eigenvalue weighted by Crippen LogP contribution is 2.03. The van der Waals surface area contributed by atoms with Crippen LogP contribution in [0, 0.1) is 0 Å². The van der Waals surface area contributed by atoms with Gasteiger partial charge >= 0.3 is 0 Å². The summed E-state index contributed by atoms with van der Waals surface area (Å²) in [5.74, 6) is 0. The first-order valence-corrected chi connectivity index (χ1v) is 3.94. The zero-order valence-corrected chi connectivity index (χ0v) is 7.03. The highest BCUT2D eigenvalue weighted by atomic mass is 14.7. The van der Waals surface area contributed by atoms with Gasteiger partial charge in [0.05, 0.1) is 0 Å². The van der Waals surface area contributed by atoms with Crippen LogP contribution in [0.15, 0.2) is 42.6 Å². The Kier molecular flexibility index (Phi) is 2.88. The number of rotatable bonds is 3. The van der Waals surface area contributed by atoms with Gasteiger partial charge in [0.25, 0.3) is 0 Å². The molecular weight excluding hydrogens is 148 g/mol. The number of hydrogen-bond donors (Lipinski definition) is 2. The van der Waals surface area contributed by atoms with E-state index in [0.717, 1.165) is 6.42 Å². The van der Waals surface area contributed by atoms with Gasteiger partial charge in [-0.05, 0) is 12.0 Å². The monoisotopic (exact) mass is 164 g/mol. The van der Waals surface area contributed by atoms with Crippen molar-refractivity contribution in [1.29, 1.82) is 0 Å². The molecule has 2 heteroatoms. The molecule has 1 atom stereocenters. The Balaban J connectivity index is 0.00000144. The predicted molar refractivity (Wildman–Crippen MR) is 53.6 cm³/mol. The minimum absolute atomic E-state index is 0. The molecular formula is C10H16N2. The zero-order chi connectivity index (χ0) is 8.97. The van der Waals surface area contributed by atoms with Gasteiger partial charge in [-0.15, -0.1) is 0 Å². The second-order valence-electron chi connectivity index (χ2n) is 2.87. The van der Waals surface area contributed by atoms with Crippen LogP contribution >= 0.6 is 0 Å². The van der Waals surface area contributed by atoms with E-state index in [4.69, 9.17) is 11.5 Å². The second-order valence-corrected chi connectivity index (χ2v) is 2.87. The standard InChI is InChI=1S/C10H14N2.H2/c1-8(11)10(12)7-9-5-3-2-4-6-9;/h2-6,10H,1,7,11-12H2;1H. The van der Waals surface area contributed by atoms with E-state index in [1.165, 1.54) is 5.56 Å². The molecule has 0 fully saturated rings. The molecule has 4 N–H and O–H groups in total. The molecule has 0 aliphatic heterocycles. The Morgan fingerprint density at radius 1 is 1.42 bits per heavy atom. The number of benzene rings is 1. The highest BCUT2D eigenvalue weighted by Gasteiger charge is 2.03. The Labute approximate surface area is 74.4 Å². The fourth-order valence-corrected chi connectivity index (χ4v) is 0.999. The minimum Gasteiger partial charge on any atom is -0.401 e. The highest BCUT2D eigenvalue weighted by molar-refractivity contribution is 5.18. The zero-order valence-electron chi connectivity index (χ0n) is 7.03. The van der Waals surface area contributed by atoms with Crippen LogP contribution in [-0.2, 0) is 6.42 Å². The molecule has 0 heterocycles. The predicted octanol–water partition coefficient (Wildman–Crippen LogP) is 1.27. The molecule has 0 aliphatic rings. The normalized spacial score (nSPS) is 12.4. The van der Waals surface area contributed by atoms with E-state index in [1.54, 1.807) is 0 Å². The summed E-state index contributed by atoms with van der Waals surface area (Å²) in [6.45, 7) is 3.60. The maximum atomic E-state index is 5.72. The summed E-state index contributed by atoms with van der Waals surface area (Å²) in [7, 11) is 0. The lowest BCUT2D eigenvalue weighted by molar-refractivity contribution is 0.757. The SMILES string of the molecule is C=C(N)C(N)Cc1ccccc1.[HH]. The maximum absolute atomic E-state index is 5.72. The summed E-state index contributed by atoms with van der Waals surface area (Å²) in [4.78, 5) is 0. The molecule has 1 unspecified atom stereocenters. The van der Waals surface area contributed by atoms with Crippen molar-refractivity contribution in [1.82, 2.24) is 0 Å². The van der Waals surface area contributed by atoms with E-state index in [-0.39, 0.29) is 7.47 Å². The summed E-state index contributed by atoms with van der Waals surface area (Å²) < 4.78 is 0. The van der Waals surface area contributed by atoms with Crippen molar-refractivity contribution in [3.05, 3.63) is 48.2 Å². The first kappa shape index (κ1) is 8.81. The van der Waals surface area contributed by atoms with Gasteiger partial charge in [-0.3, -0.25) is 0 Å². The fraction of sp³-hybridized carbons (Fsp3) is 0.200. The summed E-state index contributed by atoms with van der Waals surface area (Å²) in [5, 5.41) is 0. The maximum Gasteiger partial charge on any atom is 0.0477 e. The van der Waals surface area contributed by atoms with Crippen molar-refractivity contribution < 1.29 is 1.43 Å². The molecule has 0 aliphatic carbocycles. The summed E-state index contributed by atoms with van der Waals surface area (Å²) in [6, 6.07) is 9.88. The average Bonchev–Trinajstić information content (AvgIpc) is 2.06. The Bertz CT molecular complexity index is 259. The van der Waals surface area contributed by atoms with E-state index in [2.05, 4.69) is 6.58 Å². The van der Waals surface area contributed by atoms with Crippen LogP contribution in [0.5, 0.6) is 0 Å². The van der Waals surface area contributed by atoms with Gasteiger partial charge in [-0.25, -0.2) is 0 Å². The van der Waals surface area contributed by atoms with E-state index < -0.39 is 0 Å². The van der Waals surface area contributed by atoms with Crippen molar-refractivity contribution in [2.45, 2.75) is 12.5 Å². The molecule has 66 valence electrons. The molecule has 0 amide bonds. The molecule has 12 heavy (non-hydrogen) atoms. The van der Waals surface area contributed by atoms with Gasteiger partial charge in [0.1, 0.15) is 0 Å². The van der Waals surface area contributed by atoms with Crippen LogP contribution in [-0.4, -0.2) is 6.04 Å². The molecule has 0 saturated carbocycles. The van der Waals surface area contributed by atoms with Gasteiger partial charge < -0.3 is 11.5 Å². The van der Waals surface area contributed by atoms with Crippen molar-refractivity contribution in [2.24, 2.45) is 11.5 Å².